The van der Waals surface area contributed by atoms with Crippen LogP contribution >= 0.6 is 11.8 Å². The molecule has 2 heterocycles. The Hall–Kier alpha value is 0.270. The van der Waals surface area contributed by atoms with E-state index in [9.17, 15) is 0 Å². The summed E-state index contributed by atoms with van der Waals surface area (Å²) in [6.45, 7) is 3.71. The Kier molecular flexibility index (Phi) is 2.63. The van der Waals surface area contributed by atoms with Gasteiger partial charge in [-0.05, 0) is 51.7 Å². The molecule has 2 aliphatic heterocycles. The maximum Gasteiger partial charge on any atom is 0.0691 e. The number of nitrogens with zero attached hydrogens (tertiary/aromatic N) is 1. The van der Waals surface area contributed by atoms with Crippen LogP contribution in [0.2, 0.25) is 0 Å². The highest BCUT2D eigenvalue weighted by molar-refractivity contribution is 8.00. The van der Waals surface area contributed by atoms with Gasteiger partial charge in [-0.15, -0.1) is 11.8 Å². The number of thioether (sulfide) groups is 1. The molecule has 0 unspecified atom stereocenters. The van der Waals surface area contributed by atoms with Gasteiger partial charge in [-0.25, -0.2) is 0 Å². The summed E-state index contributed by atoms with van der Waals surface area (Å²) in [7, 11) is 2.29. The molecule has 2 nitrogen and oxygen atoms in total. The standard InChI is InChI=1S/C9H18N2S/c1-11-7-2-8-12-9(11)3-5-10-6-4-9/h10H,2-8H2,1H3. The molecule has 1 spiro atoms. The van der Waals surface area contributed by atoms with Gasteiger partial charge in [-0.3, -0.25) is 4.90 Å². The Labute approximate surface area is 79.1 Å². The maximum absolute atomic E-state index is 3.44. The summed E-state index contributed by atoms with van der Waals surface area (Å²) in [6, 6.07) is 0. The van der Waals surface area contributed by atoms with Gasteiger partial charge < -0.3 is 5.32 Å². The lowest BCUT2D eigenvalue weighted by Crippen LogP contribution is -2.53. The smallest absolute Gasteiger partial charge is 0.0691 e. The van der Waals surface area contributed by atoms with Gasteiger partial charge >= 0.3 is 0 Å². The van der Waals surface area contributed by atoms with Gasteiger partial charge in [-0.1, -0.05) is 0 Å². The summed E-state index contributed by atoms with van der Waals surface area (Å²) in [5.74, 6) is 1.37. The van der Waals surface area contributed by atoms with Crippen molar-refractivity contribution in [2.24, 2.45) is 0 Å². The molecule has 3 heteroatoms. The normalized spacial score (nSPS) is 30.8. The molecule has 2 rings (SSSR count). The van der Waals surface area contributed by atoms with E-state index in [2.05, 4.69) is 29.0 Å². The Morgan fingerprint density at radius 3 is 2.75 bits per heavy atom. The van der Waals surface area contributed by atoms with Gasteiger partial charge in [0.2, 0.25) is 0 Å². The van der Waals surface area contributed by atoms with Crippen LogP contribution in [0.4, 0.5) is 0 Å². The molecule has 0 amide bonds. The van der Waals surface area contributed by atoms with Crippen LogP contribution < -0.4 is 5.32 Å². The van der Waals surface area contributed by atoms with E-state index in [-0.39, 0.29) is 0 Å². The van der Waals surface area contributed by atoms with E-state index in [4.69, 9.17) is 0 Å². The van der Waals surface area contributed by atoms with Crippen LogP contribution in [-0.2, 0) is 0 Å². The van der Waals surface area contributed by atoms with Gasteiger partial charge in [0.1, 0.15) is 0 Å². The zero-order valence-corrected chi connectivity index (χ0v) is 8.62. The minimum absolute atomic E-state index is 0.503. The van der Waals surface area contributed by atoms with Crippen molar-refractivity contribution < 1.29 is 0 Å². The molecule has 0 radical (unpaired) electrons. The molecule has 0 bridgehead atoms. The van der Waals surface area contributed by atoms with Crippen molar-refractivity contribution in [2.45, 2.75) is 24.1 Å². The van der Waals surface area contributed by atoms with Crippen LogP contribution in [0.15, 0.2) is 0 Å². The van der Waals surface area contributed by atoms with Gasteiger partial charge in [0, 0.05) is 0 Å². The zero-order valence-electron chi connectivity index (χ0n) is 7.81. The van der Waals surface area contributed by atoms with Crippen LogP contribution in [-0.4, -0.2) is 42.2 Å². The quantitative estimate of drug-likeness (QED) is 0.610. The minimum Gasteiger partial charge on any atom is -0.317 e. The summed E-state index contributed by atoms with van der Waals surface area (Å²) in [4.78, 5) is 3.07. The van der Waals surface area contributed by atoms with Crippen molar-refractivity contribution in [3.05, 3.63) is 0 Å². The van der Waals surface area contributed by atoms with Crippen molar-refractivity contribution >= 4 is 11.8 Å². The topological polar surface area (TPSA) is 15.3 Å². The Morgan fingerprint density at radius 1 is 1.33 bits per heavy atom. The van der Waals surface area contributed by atoms with Gasteiger partial charge in [-0.2, -0.15) is 0 Å². The van der Waals surface area contributed by atoms with Crippen molar-refractivity contribution in [1.29, 1.82) is 0 Å². The molecule has 2 aliphatic rings. The van der Waals surface area contributed by atoms with E-state index >= 15 is 0 Å². The number of rotatable bonds is 0. The van der Waals surface area contributed by atoms with Crippen LogP contribution in [0.5, 0.6) is 0 Å². The molecule has 0 atom stereocenters. The first kappa shape index (κ1) is 8.85. The van der Waals surface area contributed by atoms with Crippen LogP contribution in [0.3, 0.4) is 0 Å². The predicted molar refractivity (Wildman–Crippen MR) is 54.5 cm³/mol. The second-order valence-corrected chi connectivity index (χ2v) is 5.28. The first-order valence-electron chi connectivity index (χ1n) is 4.89. The highest BCUT2D eigenvalue weighted by atomic mass is 32.2. The van der Waals surface area contributed by atoms with Gasteiger partial charge in [0.05, 0.1) is 4.87 Å². The van der Waals surface area contributed by atoms with E-state index in [1.807, 2.05) is 0 Å². The molecular weight excluding hydrogens is 168 g/mol. The lowest BCUT2D eigenvalue weighted by atomic mass is 10.0. The zero-order chi connectivity index (χ0) is 8.44. The van der Waals surface area contributed by atoms with Crippen LogP contribution in [0.25, 0.3) is 0 Å². The number of hydrogen-bond acceptors (Lipinski definition) is 3. The summed E-state index contributed by atoms with van der Waals surface area (Å²) in [5.41, 5.74) is 0. The Morgan fingerprint density at radius 2 is 2.08 bits per heavy atom. The van der Waals surface area contributed by atoms with E-state index in [0.29, 0.717) is 4.87 Å². The fraction of sp³-hybridized carbons (Fsp3) is 1.00. The summed E-state index contributed by atoms with van der Waals surface area (Å²) < 4.78 is 0. The van der Waals surface area contributed by atoms with Gasteiger partial charge in [0.15, 0.2) is 0 Å². The molecule has 0 aromatic heterocycles. The van der Waals surface area contributed by atoms with Gasteiger partial charge in [0.25, 0.3) is 0 Å². The van der Waals surface area contributed by atoms with E-state index < -0.39 is 0 Å². The molecule has 0 aromatic rings. The van der Waals surface area contributed by atoms with E-state index in [1.165, 1.54) is 44.6 Å². The first-order valence-corrected chi connectivity index (χ1v) is 5.88. The van der Waals surface area contributed by atoms with Crippen LogP contribution in [0.1, 0.15) is 19.3 Å². The largest absolute Gasteiger partial charge is 0.317 e. The molecule has 1 N–H and O–H groups in total. The number of piperidine rings is 1. The summed E-state index contributed by atoms with van der Waals surface area (Å²) in [6.07, 6.45) is 4.03. The fourth-order valence-corrected chi connectivity index (χ4v) is 3.68. The molecular formula is C9H18N2S. The minimum atomic E-state index is 0.503. The third-order valence-electron chi connectivity index (χ3n) is 3.09. The average Bonchev–Trinajstić information content (AvgIpc) is 2.12. The maximum atomic E-state index is 3.44. The molecule has 70 valence electrons. The number of nitrogens with one attached hydrogen (secondary N) is 1. The lowest BCUT2D eigenvalue weighted by Gasteiger charge is -2.47. The predicted octanol–water partition coefficient (Wildman–Crippen LogP) is 1.13. The van der Waals surface area contributed by atoms with E-state index in [0.717, 1.165) is 0 Å². The molecule has 0 aromatic carbocycles. The molecule has 2 saturated heterocycles. The first-order chi connectivity index (χ1) is 5.83. The van der Waals surface area contributed by atoms with Crippen LogP contribution in [0, 0.1) is 0 Å². The Bertz CT molecular complexity index is 146. The SMILES string of the molecule is CN1CCCSC12CCNCC2. The average molecular weight is 186 g/mol. The summed E-state index contributed by atoms with van der Waals surface area (Å²) in [5, 5.41) is 3.44. The van der Waals surface area contributed by atoms with E-state index in [1.54, 1.807) is 0 Å². The van der Waals surface area contributed by atoms with Crippen molar-refractivity contribution in [3.63, 3.8) is 0 Å². The highest BCUT2D eigenvalue weighted by Gasteiger charge is 2.38. The lowest BCUT2D eigenvalue weighted by molar-refractivity contribution is 0.161. The van der Waals surface area contributed by atoms with Crippen molar-refractivity contribution in [2.75, 3.05) is 32.4 Å². The second kappa shape index (κ2) is 3.56. The highest BCUT2D eigenvalue weighted by Crippen LogP contribution is 2.39. The Balaban J connectivity index is 2.04. The molecule has 12 heavy (non-hydrogen) atoms. The summed E-state index contributed by atoms with van der Waals surface area (Å²) >= 11 is 2.18. The van der Waals surface area contributed by atoms with Crippen molar-refractivity contribution in [1.82, 2.24) is 10.2 Å². The molecule has 2 fully saturated rings. The molecule has 0 aliphatic carbocycles. The fourth-order valence-electron chi connectivity index (χ4n) is 2.22. The monoisotopic (exact) mass is 186 g/mol. The third-order valence-corrected chi connectivity index (χ3v) is 4.84. The second-order valence-electron chi connectivity index (χ2n) is 3.82. The van der Waals surface area contributed by atoms with Crippen molar-refractivity contribution in [3.8, 4) is 0 Å². The third kappa shape index (κ3) is 1.50. The molecule has 0 saturated carbocycles. The number of hydrogen-bond donors (Lipinski definition) is 1.